The van der Waals surface area contributed by atoms with E-state index in [0.717, 1.165) is 6.07 Å². The third kappa shape index (κ3) is 2.18. The van der Waals surface area contributed by atoms with Gasteiger partial charge < -0.3 is 14.6 Å². The molecule has 3 rings (SSSR count). The summed E-state index contributed by atoms with van der Waals surface area (Å²) < 4.78 is 1.83. The number of fused-ring (bicyclic) bond motifs is 1. The average molecular weight is 289 g/mol. The highest BCUT2D eigenvalue weighted by Gasteiger charge is 2.27. The molecule has 0 unspecified atom stereocenters. The van der Waals surface area contributed by atoms with Crippen LogP contribution in [0.15, 0.2) is 24.5 Å². The van der Waals surface area contributed by atoms with Gasteiger partial charge in [-0.2, -0.15) is 0 Å². The summed E-state index contributed by atoms with van der Waals surface area (Å²) in [7, 11) is 0. The van der Waals surface area contributed by atoms with Crippen LogP contribution in [0.2, 0.25) is 0 Å². The van der Waals surface area contributed by atoms with Crippen LogP contribution in [0.4, 0.5) is 5.69 Å². The first-order valence-corrected chi connectivity index (χ1v) is 6.20. The van der Waals surface area contributed by atoms with E-state index in [1.165, 1.54) is 17.0 Å². The Bertz CT molecular complexity index is 726. The molecule has 0 aliphatic carbocycles. The number of hydrogen-bond donors (Lipinski definition) is 1. The van der Waals surface area contributed by atoms with Crippen molar-refractivity contribution in [2.45, 2.75) is 13.1 Å². The van der Waals surface area contributed by atoms with E-state index in [1.54, 1.807) is 6.33 Å². The molecule has 0 saturated heterocycles. The highest BCUT2D eigenvalue weighted by atomic mass is 16.6. The molecule has 0 atom stereocenters. The van der Waals surface area contributed by atoms with E-state index in [2.05, 4.69) is 10.2 Å². The standard InChI is InChI=1S/C12H11N5O4/c18-11-8(2-1-3-9(11)17(20)21)12(19)15-4-5-16-7-13-14-10(16)6-15/h1-3,7,18H,4-6H2. The molecule has 9 nitrogen and oxygen atoms in total. The molecule has 1 aromatic carbocycles. The molecular weight excluding hydrogens is 278 g/mol. The summed E-state index contributed by atoms with van der Waals surface area (Å²) in [4.78, 5) is 24.0. The molecule has 9 heteroatoms. The van der Waals surface area contributed by atoms with Crippen molar-refractivity contribution in [1.82, 2.24) is 19.7 Å². The van der Waals surface area contributed by atoms with E-state index >= 15 is 0 Å². The van der Waals surface area contributed by atoms with Gasteiger partial charge in [-0.25, -0.2) is 0 Å². The monoisotopic (exact) mass is 289 g/mol. The van der Waals surface area contributed by atoms with Gasteiger partial charge in [0, 0.05) is 19.2 Å². The molecule has 2 aromatic rings. The Morgan fingerprint density at radius 3 is 2.95 bits per heavy atom. The summed E-state index contributed by atoms with van der Waals surface area (Å²) in [6.07, 6.45) is 1.59. The summed E-state index contributed by atoms with van der Waals surface area (Å²) in [6.45, 7) is 1.22. The molecular formula is C12H11N5O4. The molecule has 0 radical (unpaired) electrons. The number of nitro groups is 1. The molecule has 1 aliphatic heterocycles. The summed E-state index contributed by atoms with van der Waals surface area (Å²) >= 11 is 0. The molecule has 1 aromatic heterocycles. The second-order valence-electron chi connectivity index (χ2n) is 4.60. The largest absolute Gasteiger partial charge is 0.502 e. The predicted molar refractivity (Wildman–Crippen MR) is 69.5 cm³/mol. The number of carbonyl (C=O) groups excluding carboxylic acids is 1. The second kappa shape index (κ2) is 4.85. The lowest BCUT2D eigenvalue weighted by atomic mass is 10.1. The van der Waals surface area contributed by atoms with Crippen LogP contribution in [0.5, 0.6) is 5.75 Å². The van der Waals surface area contributed by atoms with E-state index in [9.17, 15) is 20.0 Å². The van der Waals surface area contributed by atoms with E-state index in [-0.39, 0.29) is 12.1 Å². The van der Waals surface area contributed by atoms with E-state index in [1.807, 2.05) is 4.57 Å². The van der Waals surface area contributed by atoms with Crippen LogP contribution in [0.1, 0.15) is 16.2 Å². The van der Waals surface area contributed by atoms with Crippen LogP contribution < -0.4 is 0 Å². The smallest absolute Gasteiger partial charge is 0.311 e. The van der Waals surface area contributed by atoms with Crippen molar-refractivity contribution in [3.05, 3.63) is 46.0 Å². The Kier molecular flexibility index (Phi) is 3.01. The molecule has 1 amide bonds. The number of aromatic nitrogens is 3. The van der Waals surface area contributed by atoms with Gasteiger partial charge in [0.1, 0.15) is 6.33 Å². The van der Waals surface area contributed by atoms with Crippen molar-refractivity contribution >= 4 is 11.6 Å². The van der Waals surface area contributed by atoms with Gasteiger partial charge in [-0.3, -0.25) is 14.9 Å². The average Bonchev–Trinajstić information content (AvgIpc) is 2.93. The van der Waals surface area contributed by atoms with Gasteiger partial charge in [-0.1, -0.05) is 6.07 Å². The second-order valence-corrected chi connectivity index (χ2v) is 4.60. The minimum atomic E-state index is -0.723. The molecule has 0 bridgehead atoms. The number of aromatic hydroxyl groups is 1. The van der Waals surface area contributed by atoms with Crippen LogP contribution >= 0.6 is 0 Å². The van der Waals surface area contributed by atoms with Crippen LogP contribution in [-0.4, -0.2) is 42.1 Å². The summed E-state index contributed by atoms with van der Waals surface area (Å²) in [5, 5.41) is 28.4. The lowest BCUT2D eigenvalue weighted by Gasteiger charge is -2.27. The molecule has 0 fully saturated rings. The highest BCUT2D eigenvalue weighted by molar-refractivity contribution is 5.98. The van der Waals surface area contributed by atoms with Crippen LogP contribution in [0, 0.1) is 10.1 Å². The lowest BCUT2D eigenvalue weighted by Crippen LogP contribution is -2.38. The summed E-state index contributed by atoms with van der Waals surface area (Å²) in [5.74, 6) is -0.440. The Labute approximate surface area is 118 Å². The number of phenols is 1. The van der Waals surface area contributed by atoms with Crippen molar-refractivity contribution in [2.75, 3.05) is 6.54 Å². The van der Waals surface area contributed by atoms with Crippen molar-refractivity contribution < 1.29 is 14.8 Å². The van der Waals surface area contributed by atoms with E-state index < -0.39 is 22.3 Å². The summed E-state index contributed by atoms with van der Waals surface area (Å²) in [5.41, 5.74) is -0.571. The number of hydrogen-bond acceptors (Lipinski definition) is 6. The number of phenolic OH excluding ortho intramolecular Hbond substituents is 1. The normalized spacial score (nSPS) is 13.8. The number of benzene rings is 1. The fraction of sp³-hybridized carbons (Fsp3) is 0.250. The fourth-order valence-electron chi connectivity index (χ4n) is 2.26. The third-order valence-corrected chi connectivity index (χ3v) is 3.37. The van der Waals surface area contributed by atoms with E-state index in [0.29, 0.717) is 18.9 Å². The quantitative estimate of drug-likeness (QED) is 0.637. The van der Waals surface area contributed by atoms with E-state index in [4.69, 9.17) is 0 Å². The molecule has 0 saturated carbocycles. The third-order valence-electron chi connectivity index (χ3n) is 3.37. The van der Waals surface area contributed by atoms with Crippen LogP contribution in [0.25, 0.3) is 0 Å². The zero-order chi connectivity index (χ0) is 15.0. The van der Waals surface area contributed by atoms with Crippen LogP contribution in [-0.2, 0) is 13.1 Å². The zero-order valence-electron chi connectivity index (χ0n) is 10.8. The minimum Gasteiger partial charge on any atom is -0.502 e. The van der Waals surface area contributed by atoms with Crippen molar-refractivity contribution in [3.8, 4) is 5.75 Å². The molecule has 1 N–H and O–H groups in total. The van der Waals surface area contributed by atoms with Crippen molar-refractivity contribution in [3.63, 3.8) is 0 Å². The molecule has 2 heterocycles. The minimum absolute atomic E-state index is 0.0860. The first-order chi connectivity index (χ1) is 10.1. The number of nitro benzene ring substituents is 1. The molecule has 108 valence electrons. The van der Waals surface area contributed by atoms with Gasteiger partial charge in [0.25, 0.3) is 5.91 Å². The Balaban J connectivity index is 1.90. The maximum atomic E-state index is 12.4. The van der Waals surface area contributed by atoms with Crippen LogP contribution in [0.3, 0.4) is 0 Å². The number of para-hydroxylation sites is 1. The van der Waals surface area contributed by atoms with Gasteiger partial charge >= 0.3 is 5.69 Å². The summed E-state index contributed by atoms with van der Waals surface area (Å²) in [6, 6.07) is 3.89. The number of amides is 1. The molecule has 21 heavy (non-hydrogen) atoms. The van der Waals surface area contributed by atoms with Gasteiger partial charge in [0.05, 0.1) is 17.0 Å². The van der Waals surface area contributed by atoms with Crippen molar-refractivity contribution in [2.24, 2.45) is 0 Å². The lowest BCUT2D eigenvalue weighted by molar-refractivity contribution is -0.385. The maximum absolute atomic E-state index is 12.4. The fourth-order valence-corrected chi connectivity index (χ4v) is 2.26. The first kappa shape index (κ1) is 13.0. The first-order valence-electron chi connectivity index (χ1n) is 6.20. The predicted octanol–water partition coefficient (Wildman–Crippen LogP) is 0.548. The number of rotatable bonds is 2. The Morgan fingerprint density at radius 2 is 2.19 bits per heavy atom. The van der Waals surface area contributed by atoms with Gasteiger partial charge in [-0.15, -0.1) is 10.2 Å². The highest BCUT2D eigenvalue weighted by Crippen LogP contribution is 2.30. The SMILES string of the molecule is O=C(c1cccc([N+](=O)[O-])c1O)N1CCn2cnnc2C1. The molecule has 1 aliphatic rings. The number of nitrogens with zero attached hydrogens (tertiary/aromatic N) is 5. The maximum Gasteiger partial charge on any atom is 0.311 e. The Morgan fingerprint density at radius 1 is 1.38 bits per heavy atom. The number of carbonyl (C=O) groups is 1. The van der Waals surface area contributed by atoms with Gasteiger partial charge in [0.15, 0.2) is 5.82 Å². The zero-order valence-corrected chi connectivity index (χ0v) is 10.8. The topological polar surface area (TPSA) is 114 Å². The Hall–Kier alpha value is -2.97. The molecule has 0 spiro atoms. The van der Waals surface area contributed by atoms with Gasteiger partial charge in [-0.05, 0) is 6.07 Å². The van der Waals surface area contributed by atoms with Gasteiger partial charge in [0.2, 0.25) is 5.75 Å². The van der Waals surface area contributed by atoms with Crippen molar-refractivity contribution in [1.29, 1.82) is 0 Å².